The van der Waals surface area contributed by atoms with E-state index in [0.29, 0.717) is 22.6 Å². The van der Waals surface area contributed by atoms with Gasteiger partial charge < -0.3 is 10.1 Å². The molecule has 178 valence electrons. The highest BCUT2D eigenvalue weighted by molar-refractivity contribution is 7.98. The summed E-state index contributed by atoms with van der Waals surface area (Å²) in [6, 6.07) is 23.4. The summed E-state index contributed by atoms with van der Waals surface area (Å²) in [4.78, 5) is 26.0. The van der Waals surface area contributed by atoms with Crippen LogP contribution < -0.4 is 5.32 Å². The molecule has 0 fully saturated rings. The van der Waals surface area contributed by atoms with Crippen molar-refractivity contribution in [2.45, 2.75) is 55.9 Å². The number of carbonyl (C=O) groups excluding carboxylic acids is 2. The van der Waals surface area contributed by atoms with Gasteiger partial charge in [-0.2, -0.15) is 0 Å². The van der Waals surface area contributed by atoms with Crippen molar-refractivity contribution in [1.82, 2.24) is 5.32 Å². The van der Waals surface area contributed by atoms with Crippen LogP contribution in [0.3, 0.4) is 0 Å². The molecule has 0 saturated carbocycles. The Bertz CT molecular complexity index is 1100. The number of Topliss-reactive ketones (excluding diaryl/α,β-unsaturated/α-hetero) is 1. The first-order valence-corrected chi connectivity index (χ1v) is 12.2. The van der Waals surface area contributed by atoms with E-state index in [2.05, 4.69) is 5.32 Å². The fraction of sp³-hybridized carbons (Fsp3) is 0.286. The van der Waals surface area contributed by atoms with Crippen LogP contribution in [0.5, 0.6) is 0 Å². The predicted octanol–water partition coefficient (Wildman–Crippen LogP) is 6.37. The normalized spacial score (nSPS) is 12.1. The average molecular weight is 480 g/mol. The van der Waals surface area contributed by atoms with Gasteiger partial charge in [0.25, 0.3) is 0 Å². The van der Waals surface area contributed by atoms with Crippen molar-refractivity contribution >= 4 is 23.6 Å². The van der Waals surface area contributed by atoms with E-state index in [4.69, 9.17) is 4.74 Å². The predicted molar refractivity (Wildman–Crippen MR) is 134 cm³/mol. The Morgan fingerprint density at radius 3 is 2.12 bits per heavy atom. The maximum atomic E-state index is 14.7. The van der Waals surface area contributed by atoms with E-state index in [1.54, 1.807) is 32.9 Å². The molecule has 4 nitrogen and oxygen atoms in total. The number of rotatable bonds is 9. The molecule has 0 saturated heterocycles. The first-order valence-electron chi connectivity index (χ1n) is 11.2. The van der Waals surface area contributed by atoms with Crippen molar-refractivity contribution in [3.63, 3.8) is 0 Å². The lowest BCUT2D eigenvalue weighted by Crippen LogP contribution is -2.45. The first kappa shape index (κ1) is 25.5. The van der Waals surface area contributed by atoms with Crippen LogP contribution >= 0.6 is 11.8 Å². The van der Waals surface area contributed by atoms with E-state index < -0.39 is 17.7 Å². The highest BCUT2D eigenvalue weighted by Gasteiger charge is 2.25. The monoisotopic (exact) mass is 479 g/mol. The van der Waals surface area contributed by atoms with Crippen LogP contribution in [0.1, 0.15) is 37.5 Å². The Kier molecular flexibility index (Phi) is 8.88. The van der Waals surface area contributed by atoms with Gasteiger partial charge >= 0.3 is 6.09 Å². The van der Waals surface area contributed by atoms with Crippen LogP contribution in [0.2, 0.25) is 0 Å². The van der Waals surface area contributed by atoms with Gasteiger partial charge in [0.05, 0.1) is 6.04 Å². The van der Waals surface area contributed by atoms with Crippen LogP contribution in [0.4, 0.5) is 9.18 Å². The molecule has 1 N–H and O–H groups in total. The van der Waals surface area contributed by atoms with Crippen molar-refractivity contribution in [1.29, 1.82) is 0 Å². The van der Waals surface area contributed by atoms with Gasteiger partial charge in [-0.3, -0.25) is 4.79 Å². The smallest absolute Gasteiger partial charge is 0.408 e. The maximum Gasteiger partial charge on any atom is 0.408 e. The highest BCUT2D eigenvalue weighted by atomic mass is 32.2. The summed E-state index contributed by atoms with van der Waals surface area (Å²) in [6.45, 7) is 5.29. The summed E-state index contributed by atoms with van der Waals surface area (Å²) < 4.78 is 20.1. The van der Waals surface area contributed by atoms with Crippen molar-refractivity contribution in [3.8, 4) is 0 Å². The topological polar surface area (TPSA) is 55.4 Å². The number of halogens is 1. The molecule has 0 aromatic heterocycles. The molecule has 3 rings (SSSR count). The molecule has 0 radical (unpaired) electrons. The number of amides is 1. The molecule has 0 aliphatic heterocycles. The fourth-order valence-electron chi connectivity index (χ4n) is 3.38. The van der Waals surface area contributed by atoms with E-state index in [9.17, 15) is 14.0 Å². The highest BCUT2D eigenvalue weighted by Crippen LogP contribution is 2.26. The summed E-state index contributed by atoms with van der Waals surface area (Å²) >= 11 is 1.42. The first-order chi connectivity index (χ1) is 16.2. The zero-order valence-corrected chi connectivity index (χ0v) is 20.5. The number of carbonyl (C=O) groups is 2. The quantitative estimate of drug-likeness (QED) is 0.363. The lowest BCUT2D eigenvalue weighted by Gasteiger charge is -2.23. The van der Waals surface area contributed by atoms with Gasteiger partial charge in [-0.1, -0.05) is 66.7 Å². The second-order valence-corrected chi connectivity index (χ2v) is 10.1. The molecular weight excluding hydrogens is 449 g/mol. The second kappa shape index (κ2) is 11.8. The minimum absolute atomic E-state index is 0.00779. The lowest BCUT2D eigenvalue weighted by molar-refractivity contribution is -0.120. The lowest BCUT2D eigenvalue weighted by atomic mass is 9.98. The fourth-order valence-corrected chi connectivity index (χ4v) is 4.25. The standard InChI is InChI=1S/C28H30FNO3S/c1-28(2,3)33-27(32)30-24(17-20-10-6-4-7-11-20)25(31)18-22-14-15-26(23(29)16-22)34-19-21-12-8-5-9-13-21/h4-16,24H,17-19H2,1-3H3,(H,30,32)/t24-/m0/s1. The van der Waals surface area contributed by atoms with Gasteiger partial charge in [-0.25, -0.2) is 9.18 Å². The number of hydrogen-bond donors (Lipinski definition) is 1. The maximum absolute atomic E-state index is 14.7. The van der Waals surface area contributed by atoms with Crippen molar-refractivity contribution in [2.24, 2.45) is 0 Å². The van der Waals surface area contributed by atoms with Crippen molar-refractivity contribution < 1.29 is 18.7 Å². The van der Waals surface area contributed by atoms with Crippen LogP contribution in [-0.2, 0) is 28.1 Å². The molecule has 0 heterocycles. The van der Waals surface area contributed by atoms with Gasteiger partial charge in [0.1, 0.15) is 11.4 Å². The molecule has 3 aromatic rings. The molecule has 0 aliphatic rings. The Balaban J connectivity index is 1.68. The van der Waals surface area contributed by atoms with Crippen LogP contribution in [0, 0.1) is 5.82 Å². The zero-order chi connectivity index (χ0) is 24.6. The summed E-state index contributed by atoms with van der Waals surface area (Å²) in [5.41, 5.74) is 1.91. The van der Waals surface area contributed by atoms with Gasteiger partial charge in [-0.05, 0) is 56.0 Å². The third-order valence-electron chi connectivity index (χ3n) is 4.97. The third kappa shape index (κ3) is 8.34. The van der Waals surface area contributed by atoms with Crippen LogP contribution in [0.25, 0.3) is 0 Å². The summed E-state index contributed by atoms with van der Waals surface area (Å²) in [5, 5.41) is 2.70. The van der Waals surface area contributed by atoms with Gasteiger partial charge in [0.15, 0.2) is 5.78 Å². The molecule has 3 aromatic carbocycles. The number of hydrogen-bond acceptors (Lipinski definition) is 4. The Morgan fingerprint density at radius 1 is 0.912 bits per heavy atom. The molecule has 0 aliphatic carbocycles. The van der Waals surface area contributed by atoms with Crippen molar-refractivity contribution in [2.75, 3.05) is 0 Å². The summed E-state index contributed by atoms with van der Waals surface area (Å²) in [5.74, 6) is 0.0966. The van der Waals surface area contributed by atoms with E-state index in [-0.39, 0.29) is 18.0 Å². The zero-order valence-electron chi connectivity index (χ0n) is 19.7. The number of nitrogens with one attached hydrogen (secondary N) is 1. The largest absolute Gasteiger partial charge is 0.444 e. The van der Waals surface area contributed by atoms with E-state index in [1.807, 2.05) is 60.7 Å². The SMILES string of the molecule is CC(C)(C)OC(=O)N[C@@H](Cc1ccccc1)C(=O)Cc1ccc(SCc2ccccc2)c(F)c1. The molecule has 0 spiro atoms. The van der Waals surface area contributed by atoms with E-state index in [1.165, 1.54) is 17.8 Å². The number of ketones is 1. The molecule has 34 heavy (non-hydrogen) atoms. The molecule has 0 bridgehead atoms. The number of benzene rings is 3. The van der Waals surface area contributed by atoms with Gasteiger partial charge in [0.2, 0.25) is 0 Å². The number of thioether (sulfide) groups is 1. The minimum Gasteiger partial charge on any atom is -0.444 e. The number of ether oxygens (including phenoxy) is 1. The molecule has 6 heteroatoms. The van der Waals surface area contributed by atoms with Crippen LogP contribution in [-0.4, -0.2) is 23.5 Å². The Morgan fingerprint density at radius 2 is 1.53 bits per heavy atom. The summed E-state index contributed by atoms with van der Waals surface area (Å²) in [6.07, 6.45) is -0.319. The third-order valence-corrected chi connectivity index (χ3v) is 6.09. The Hall–Kier alpha value is -3.12. The minimum atomic E-state index is -0.785. The number of alkyl carbamates (subject to hydrolysis) is 1. The molecule has 1 atom stereocenters. The second-order valence-electron chi connectivity index (χ2n) is 9.07. The Labute approximate surface area is 204 Å². The van der Waals surface area contributed by atoms with Crippen LogP contribution in [0.15, 0.2) is 83.8 Å². The van der Waals surface area contributed by atoms with Crippen molar-refractivity contribution in [3.05, 3.63) is 101 Å². The van der Waals surface area contributed by atoms with E-state index >= 15 is 0 Å². The average Bonchev–Trinajstić information content (AvgIpc) is 2.78. The van der Waals surface area contributed by atoms with E-state index in [0.717, 1.165) is 11.1 Å². The summed E-state index contributed by atoms with van der Waals surface area (Å²) in [7, 11) is 0. The van der Waals surface area contributed by atoms with Gasteiger partial charge in [-0.15, -0.1) is 11.8 Å². The molecular formula is C28H30FNO3S. The molecule has 1 amide bonds. The molecule has 0 unspecified atom stereocenters. The van der Waals surface area contributed by atoms with Gasteiger partial charge in [0, 0.05) is 17.1 Å².